The third-order valence-corrected chi connectivity index (χ3v) is 2.60. The highest BCUT2D eigenvalue weighted by Gasteiger charge is 2.21. The van der Waals surface area contributed by atoms with Gasteiger partial charge in [-0.1, -0.05) is 6.08 Å². The number of primary sulfonamides is 1. The molecule has 0 aromatic heterocycles. The van der Waals surface area contributed by atoms with Crippen LogP contribution >= 0.6 is 0 Å². The number of hydrogen-bond donors (Lipinski definition) is 1. The van der Waals surface area contributed by atoms with Gasteiger partial charge in [-0.15, -0.1) is 0 Å². The maximum atomic E-state index is 10.8. The molecule has 1 rings (SSSR count). The molecule has 1 aliphatic rings. The van der Waals surface area contributed by atoms with E-state index in [0.717, 1.165) is 6.08 Å². The third kappa shape index (κ3) is 2.36. The summed E-state index contributed by atoms with van der Waals surface area (Å²) in [7, 11) is -3.72. The van der Waals surface area contributed by atoms with Crippen molar-refractivity contribution < 1.29 is 13.3 Å². The molecule has 1 aliphatic carbocycles. The summed E-state index contributed by atoms with van der Waals surface area (Å²) in [5, 5.41) is 15.1. The van der Waals surface area contributed by atoms with E-state index >= 15 is 0 Å². The van der Waals surface area contributed by atoms with Gasteiger partial charge in [-0.25, -0.2) is 13.6 Å². The molecule has 0 aromatic carbocycles. The number of rotatable bonds is 2. The van der Waals surface area contributed by atoms with Crippen LogP contribution in [0.1, 0.15) is 6.42 Å². The summed E-state index contributed by atoms with van der Waals surface area (Å²) < 4.78 is 21.5. The van der Waals surface area contributed by atoms with Crippen molar-refractivity contribution >= 4 is 10.0 Å². The lowest BCUT2D eigenvalue weighted by Gasteiger charge is -2.07. The maximum Gasteiger partial charge on any atom is 0.237 e. The van der Waals surface area contributed by atoms with Crippen molar-refractivity contribution in [3.8, 4) is 0 Å². The van der Waals surface area contributed by atoms with Crippen molar-refractivity contribution in [3.05, 3.63) is 33.2 Å². The van der Waals surface area contributed by atoms with E-state index in [4.69, 9.17) is 5.14 Å². The molecule has 2 N–H and O–H groups in total. The van der Waals surface area contributed by atoms with Crippen LogP contribution in [-0.4, -0.2) is 19.4 Å². The monoisotopic (exact) mass is 204 g/mol. The third-order valence-electron chi connectivity index (χ3n) is 1.64. The average Bonchev–Trinajstić information content (AvgIpc) is 2.03. The molecule has 72 valence electrons. The highest BCUT2D eigenvalue weighted by atomic mass is 32.2. The van der Waals surface area contributed by atoms with Crippen molar-refractivity contribution in [3.63, 3.8) is 0 Å². The average molecular weight is 204 g/mol. The van der Waals surface area contributed by atoms with E-state index in [9.17, 15) is 18.5 Å². The Kier molecular flexibility index (Phi) is 2.48. The molecular weight excluding hydrogens is 196 g/mol. The SMILES string of the molecule is NS(=O)(=O)C1=CCC([N+](=O)[O-])C=C1. The Balaban J connectivity index is 2.83. The van der Waals surface area contributed by atoms with E-state index in [1.807, 2.05) is 0 Å². The van der Waals surface area contributed by atoms with Gasteiger partial charge < -0.3 is 0 Å². The van der Waals surface area contributed by atoms with Crippen LogP contribution in [0.2, 0.25) is 0 Å². The topological polar surface area (TPSA) is 103 Å². The number of hydrogen-bond acceptors (Lipinski definition) is 4. The van der Waals surface area contributed by atoms with E-state index in [-0.39, 0.29) is 11.3 Å². The summed E-state index contributed by atoms with van der Waals surface area (Å²) in [6.45, 7) is 0. The lowest BCUT2D eigenvalue weighted by Crippen LogP contribution is -2.21. The fourth-order valence-electron chi connectivity index (χ4n) is 0.957. The van der Waals surface area contributed by atoms with Crippen LogP contribution in [0.25, 0.3) is 0 Å². The van der Waals surface area contributed by atoms with Gasteiger partial charge in [0, 0.05) is 11.3 Å². The number of sulfonamides is 1. The van der Waals surface area contributed by atoms with E-state index in [1.165, 1.54) is 12.2 Å². The predicted octanol–water partition coefficient (Wildman–Crippen LogP) is -0.236. The van der Waals surface area contributed by atoms with Gasteiger partial charge in [0.25, 0.3) is 0 Å². The predicted molar refractivity (Wildman–Crippen MR) is 45.7 cm³/mol. The van der Waals surface area contributed by atoms with Crippen LogP contribution in [0, 0.1) is 10.1 Å². The van der Waals surface area contributed by atoms with Gasteiger partial charge in [0.1, 0.15) is 0 Å². The van der Waals surface area contributed by atoms with Crippen molar-refractivity contribution in [2.24, 2.45) is 5.14 Å². The molecule has 0 bridgehead atoms. The molecule has 6 nitrogen and oxygen atoms in total. The van der Waals surface area contributed by atoms with Gasteiger partial charge in [-0.3, -0.25) is 10.1 Å². The number of nitro groups is 1. The summed E-state index contributed by atoms with van der Waals surface area (Å²) in [5.41, 5.74) is 0. The van der Waals surface area contributed by atoms with Crippen LogP contribution in [0.5, 0.6) is 0 Å². The first-order valence-corrected chi connectivity index (χ1v) is 5.00. The Morgan fingerprint density at radius 1 is 1.62 bits per heavy atom. The second-order valence-corrected chi connectivity index (χ2v) is 4.16. The normalized spacial score (nSPS) is 22.5. The van der Waals surface area contributed by atoms with E-state index in [1.54, 1.807) is 0 Å². The molecule has 0 radical (unpaired) electrons. The summed E-state index contributed by atoms with van der Waals surface area (Å²) in [4.78, 5) is 9.71. The molecule has 0 amide bonds. The second kappa shape index (κ2) is 3.27. The quantitative estimate of drug-likeness (QED) is 0.495. The number of allylic oxidation sites excluding steroid dienone is 1. The van der Waals surface area contributed by atoms with Crippen molar-refractivity contribution in [1.29, 1.82) is 0 Å². The van der Waals surface area contributed by atoms with E-state index in [0.29, 0.717) is 0 Å². The van der Waals surface area contributed by atoms with Gasteiger partial charge in [-0.2, -0.15) is 0 Å². The highest BCUT2D eigenvalue weighted by Crippen LogP contribution is 2.15. The van der Waals surface area contributed by atoms with Crippen molar-refractivity contribution in [1.82, 2.24) is 0 Å². The van der Waals surface area contributed by atoms with Crippen LogP contribution in [-0.2, 0) is 10.0 Å². The molecule has 0 aromatic rings. The molecule has 0 spiro atoms. The molecule has 0 heterocycles. The van der Waals surface area contributed by atoms with Gasteiger partial charge in [0.15, 0.2) is 0 Å². The number of nitrogens with two attached hydrogens (primary N) is 1. The molecule has 0 fully saturated rings. The zero-order chi connectivity index (χ0) is 10.1. The minimum Gasteiger partial charge on any atom is -0.264 e. The fourth-order valence-corrected chi connectivity index (χ4v) is 1.55. The first-order valence-electron chi connectivity index (χ1n) is 3.46. The molecule has 13 heavy (non-hydrogen) atoms. The van der Waals surface area contributed by atoms with Crippen molar-refractivity contribution in [2.45, 2.75) is 12.5 Å². The van der Waals surface area contributed by atoms with Gasteiger partial charge in [0.05, 0.1) is 4.91 Å². The Morgan fingerprint density at radius 2 is 2.23 bits per heavy atom. The maximum absolute atomic E-state index is 10.8. The van der Waals surface area contributed by atoms with Gasteiger partial charge >= 0.3 is 0 Å². The summed E-state index contributed by atoms with van der Waals surface area (Å²) in [5.74, 6) is 0. The second-order valence-electron chi connectivity index (χ2n) is 2.60. The minimum atomic E-state index is -3.72. The van der Waals surface area contributed by atoms with Crippen LogP contribution in [0.4, 0.5) is 0 Å². The van der Waals surface area contributed by atoms with Crippen LogP contribution in [0.15, 0.2) is 23.1 Å². The Labute approximate surface area is 74.9 Å². The van der Waals surface area contributed by atoms with Crippen molar-refractivity contribution in [2.75, 3.05) is 0 Å². The molecular formula is C6H8N2O4S. The number of nitrogens with zero attached hydrogens (tertiary/aromatic N) is 1. The molecule has 0 saturated carbocycles. The zero-order valence-corrected chi connectivity index (χ0v) is 7.40. The van der Waals surface area contributed by atoms with Gasteiger partial charge in [-0.05, 0) is 12.2 Å². The molecule has 0 saturated heterocycles. The summed E-state index contributed by atoms with van der Waals surface area (Å²) in [6, 6.07) is -0.842. The Hall–Kier alpha value is -1.21. The lowest BCUT2D eigenvalue weighted by atomic mass is 10.1. The van der Waals surface area contributed by atoms with Crippen LogP contribution in [0.3, 0.4) is 0 Å². The highest BCUT2D eigenvalue weighted by molar-refractivity contribution is 7.93. The van der Waals surface area contributed by atoms with E-state index in [2.05, 4.69) is 0 Å². The fraction of sp³-hybridized carbons (Fsp3) is 0.333. The molecule has 0 aliphatic heterocycles. The lowest BCUT2D eigenvalue weighted by molar-refractivity contribution is -0.508. The van der Waals surface area contributed by atoms with E-state index < -0.39 is 21.0 Å². The molecule has 1 atom stereocenters. The van der Waals surface area contributed by atoms with Gasteiger partial charge in [0.2, 0.25) is 16.1 Å². The first-order chi connectivity index (χ1) is 5.91. The Bertz CT molecular complexity index is 381. The zero-order valence-electron chi connectivity index (χ0n) is 6.58. The molecule has 7 heteroatoms. The standard InChI is InChI=1S/C6H8N2O4S/c7-13(11,12)6-3-1-5(2-4-6)8(9)10/h1,3-5H,2H2,(H2,7,11,12). The minimum absolute atomic E-state index is 0.0643. The summed E-state index contributed by atoms with van der Waals surface area (Å²) in [6.07, 6.45) is 3.70. The molecule has 1 unspecified atom stereocenters. The van der Waals surface area contributed by atoms with Crippen LogP contribution < -0.4 is 5.14 Å². The Morgan fingerprint density at radius 3 is 2.54 bits per heavy atom. The smallest absolute Gasteiger partial charge is 0.237 e. The first kappa shape index (κ1) is 9.87. The summed E-state index contributed by atoms with van der Waals surface area (Å²) >= 11 is 0. The largest absolute Gasteiger partial charge is 0.264 e.